The van der Waals surface area contributed by atoms with Gasteiger partial charge in [-0.15, -0.1) is 0 Å². The van der Waals surface area contributed by atoms with Crippen LogP contribution < -0.4 is 21.7 Å². The van der Waals surface area contributed by atoms with Crippen LogP contribution in [0, 0.1) is 5.92 Å². The van der Waals surface area contributed by atoms with Crippen molar-refractivity contribution >= 4 is 40.6 Å². The van der Waals surface area contributed by atoms with Crippen LogP contribution in [0.3, 0.4) is 0 Å². The number of carboxylic acid groups (broad SMARTS) is 2. The van der Waals surface area contributed by atoms with E-state index < -0.39 is 60.2 Å². The van der Waals surface area contributed by atoms with Crippen molar-refractivity contribution in [2.45, 2.75) is 57.3 Å². The molecule has 2 aromatic carbocycles. The summed E-state index contributed by atoms with van der Waals surface area (Å²) < 4.78 is 0. The summed E-state index contributed by atoms with van der Waals surface area (Å²) in [7, 11) is 0. The van der Waals surface area contributed by atoms with Gasteiger partial charge in [0.05, 0.1) is 12.5 Å². The first kappa shape index (κ1) is 31.6. The van der Waals surface area contributed by atoms with E-state index in [2.05, 4.69) is 20.9 Å². The fourth-order valence-electron chi connectivity index (χ4n) is 4.30. The number of amides is 3. The van der Waals surface area contributed by atoms with Crippen LogP contribution in [0.1, 0.15) is 31.4 Å². The molecule has 0 saturated carbocycles. The molecule has 0 bridgehead atoms. The molecular weight excluding hydrogens is 546 g/mol. The summed E-state index contributed by atoms with van der Waals surface area (Å²) in [6.45, 7) is 3.48. The third kappa shape index (κ3) is 8.54. The molecule has 13 nitrogen and oxygen atoms in total. The molecule has 1 heterocycles. The van der Waals surface area contributed by atoms with E-state index in [9.17, 15) is 39.3 Å². The van der Waals surface area contributed by atoms with Gasteiger partial charge >= 0.3 is 11.9 Å². The predicted molar refractivity (Wildman–Crippen MR) is 152 cm³/mol. The Morgan fingerprint density at radius 2 is 1.40 bits per heavy atom. The Labute approximate surface area is 241 Å². The first-order valence-electron chi connectivity index (χ1n) is 13.3. The van der Waals surface area contributed by atoms with Crippen LogP contribution in [0.15, 0.2) is 54.7 Å². The molecule has 3 amide bonds. The molecule has 9 N–H and O–H groups in total. The van der Waals surface area contributed by atoms with Gasteiger partial charge in [-0.1, -0.05) is 44.2 Å². The number of aliphatic carboxylic acids is 2. The molecule has 0 aliphatic rings. The van der Waals surface area contributed by atoms with Crippen LogP contribution in [-0.2, 0) is 36.8 Å². The molecule has 3 aromatic rings. The molecule has 0 aliphatic heterocycles. The number of phenols is 1. The van der Waals surface area contributed by atoms with Gasteiger partial charge in [0.2, 0.25) is 17.7 Å². The monoisotopic (exact) mass is 581 g/mol. The van der Waals surface area contributed by atoms with E-state index in [0.29, 0.717) is 11.1 Å². The van der Waals surface area contributed by atoms with Crippen molar-refractivity contribution in [3.63, 3.8) is 0 Å². The summed E-state index contributed by atoms with van der Waals surface area (Å²) in [4.78, 5) is 66.0. The number of para-hydroxylation sites is 1. The molecule has 224 valence electrons. The summed E-state index contributed by atoms with van der Waals surface area (Å²) in [5, 5.41) is 36.6. The highest BCUT2D eigenvalue weighted by Crippen LogP contribution is 2.19. The molecular formula is C29H35N5O8. The van der Waals surface area contributed by atoms with Gasteiger partial charge in [0, 0.05) is 29.9 Å². The molecule has 42 heavy (non-hydrogen) atoms. The highest BCUT2D eigenvalue weighted by atomic mass is 16.4. The van der Waals surface area contributed by atoms with Crippen molar-refractivity contribution in [1.29, 1.82) is 0 Å². The number of aromatic hydroxyl groups is 1. The quantitative estimate of drug-likeness (QED) is 0.134. The van der Waals surface area contributed by atoms with Crippen molar-refractivity contribution in [3.05, 3.63) is 65.9 Å². The lowest BCUT2D eigenvalue weighted by Crippen LogP contribution is -2.58. The second kappa shape index (κ2) is 14.1. The van der Waals surface area contributed by atoms with Gasteiger partial charge in [-0.3, -0.25) is 19.2 Å². The number of fused-ring (bicyclic) bond motifs is 1. The maximum Gasteiger partial charge on any atom is 0.326 e. The SMILES string of the molecule is CC(C)C(N)C(=O)NC(Cc1c[nH]c2ccccc12)C(=O)NC(CC(=O)O)C(=O)NC(Cc1ccc(O)cc1)C(=O)O. The average molecular weight is 582 g/mol. The van der Waals surface area contributed by atoms with Gasteiger partial charge in [0.1, 0.15) is 23.9 Å². The first-order valence-corrected chi connectivity index (χ1v) is 13.3. The van der Waals surface area contributed by atoms with E-state index in [0.717, 1.165) is 10.9 Å². The van der Waals surface area contributed by atoms with Crippen molar-refractivity contribution < 1.29 is 39.3 Å². The number of nitrogens with two attached hydrogens (primary N) is 1. The second-order valence-corrected chi connectivity index (χ2v) is 10.3. The number of carbonyl (C=O) groups excluding carboxylic acids is 3. The zero-order valence-electron chi connectivity index (χ0n) is 23.2. The topological polar surface area (TPSA) is 224 Å². The number of hydrogen-bond acceptors (Lipinski definition) is 7. The van der Waals surface area contributed by atoms with E-state index in [4.69, 9.17) is 5.73 Å². The maximum absolute atomic E-state index is 13.5. The summed E-state index contributed by atoms with van der Waals surface area (Å²) in [5.74, 6) is -5.56. The zero-order chi connectivity index (χ0) is 31.0. The van der Waals surface area contributed by atoms with Gasteiger partial charge in [0.25, 0.3) is 0 Å². The van der Waals surface area contributed by atoms with Crippen molar-refractivity contribution in [1.82, 2.24) is 20.9 Å². The van der Waals surface area contributed by atoms with E-state index >= 15 is 0 Å². The Balaban J connectivity index is 1.83. The normalized spacial score (nSPS) is 14.0. The van der Waals surface area contributed by atoms with Crippen molar-refractivity contribution in [2.24, 2.45) is 11.7 Å². The highest BCUT2D eigenvalue weighted by Gasteiger charge is 2.32. The number of nitrogens with one attached hydrogen (secondary N) is 4. The zero-order valence-corrected chi connectivity index (χ0v) is 23.2. The number of aromatic nitrogens is 1. The molecule has 4 unspecified atom stereocenters. The van der Waals surface area contributed by atoms with E-state index in [1.54, 1.807) is 20.0 Å². The molecule has 4 atom stereocenters. The summed E-state index contributed by atoms with van der Waals surface area (Å²) in [6.07, 6.45) is 0.665. The van der Waals surface area contributed by atoms with E-state index in [1.165, 1.54) is 24.3 Å². The Morgan fingerprint density at radius 1 is 0.810 bits per heavy atom. The smallest absolute Gasteiger partial charge is 0.326 e. The minimum absolute atomic E-state index is 0.00752. The lowest BCUT2D eigenvalue weighted by Gasteiger charge is -2.25. The average Bonchev–Trinajstić information content (AvgIpc) is 3.34. The Kier molecular flexibility index (Phi) is 10.6. The van der Waals surface area contributed by atoms with Crippen LogP contribution in [0.4, 0.5) is 0 Å². The number of H-pyrrole nitrogens is 1. The lowest BCUT2D eigenvalue weighted by atomic mass is 10.0. The summed E-state index contributed by atoms with van der Waals surface area (Å²) in [5.41, 5.74) is 7.95. The number of rotatable bonds is 14. The molecule has 0 aliphatic carbocycles. The number of phenolic OH excluding ortho intramolecular Hbond substituents is 1. The highest BCUT2D eigenvalue weighted by molar-refractivity contribution is 5.96. The minimum Gasteiger partial charge on any atom is -0.508 e. The molecule has 3 rings (SSSR count). The van der Waals surface area contributed by atoms with Gasteiger partial charge < -0.3 is 42.0 Å². The standard InChI is InChI=1S/C29H35N5O8/c1-15(2)25(30)28(40)33-21(12-17-14-31-20-6-4-3-5-19(17)20)26(38)32-22(13-24(36)37)27(39)34-23(29(41)42)11-16-7-9-18(35)10-8-16/h3-10,14-15,21-23,25,31,35H,11-13,30H2,1-2H3,(H,32,38)(H,33,40)(H,34,39)(H,36,37)(H,41,42). The second-order valence-electron chi connectivity index (χ2n) is 10.3. The summed E-state index contributed by atoms with van der Waals surface area (Å²) >= 11 is 0. The third-order valence-electron chi connectivity index (χ3n) is 6.76. The van der Waals surface area contributed by atoms with Crippen LogP contribution >= 0.6 is 0 Å². The van der Waals surface area contributed by atoms with E-state index in [1.807, 2.05) is 24.3 Å². The fourth-order valence-corrected chi connectivity index (χ4v) is 4.30. The Bertz CT molecular complexity index is 1440. The van der Waals surface area contributed by atoms with Crippen LogP contribution in [0.2, 0.25) is 0 Å². The van der Waals surface area contributed by atoms with Crippen LogP contribution in [0.25, 0.3) is 10.9 Å². The molecule has 0 spiro atoms. The number of aromatic amines is 1. The molecule has 0 fully saturated rings. The molecule has 0 radical (unpaired) electrons. The molecule has 13 heteroatoms. The lowest BCUT2D eigenvalue weighted by molar-refractivity contribution is -0.143. The van der Waals surface area contributed by atoms with Crippen LogP contribution in [0.5, 0.6) is 5.75 Å². The Hall–Kier alpha value is -4.91. The van der Waals surface area contributed by atoms with Crippen molar-refractivity contribution in [2.75, 3.05) is 0 Å². The number of carboxylic acids is 2. The van der Waals surface area contributed by atoms with Crippen molar-refractivity contribution in [3.8, 4) is 5.75 Å². The molecule has 1 aromatic heterocycles. The Morgan fingerprint density at radius 3 is 2.02 bits per heavy atom. The molecule has 0 saturated heterocycles. The fraction of sp³-hybridized carbons (Fsp3) is 0.345. The maximum atomic E-state index is 13.5. The van der Waals surface area contributed by atoms with Gasteiger partial charge in [-0.25, -0.2) is 4.79 Å². The van der Waals surface area contributed by atoms with Crippen LogP contribution in [-0.4, -0.2) is 74.1 Å². The van der Waals surface area contributed by atoms with Gasteiger partial charge in [0.15, 0.2) is 0 Å². The largest absolute Gasteiger partial charge is 0.508 e. The minimum atomic E-state index is -1.65. The van der Waals surface area contributed by atoms with Gasteiger partial charge in [-0.05, 0) is 35.2 Å². The third-order valence-corrected chi connectivity index (χ3v) is 6.76. The number of benzene rings is 2. The number of carbonyl (C=O) groups is 5. The number of hydrogen-bond donors (Lipinski definition) is 8. The predicted octanol–water partition coefficient (Wildman–Crippen LogP) is 0.656. The van der Waals surface area contributed by atoms with Gasteiger partial charge in [-0.2, -0.15) is 0 Å². The summed E-state index contributed by atoms with van der Waals surface area (Å²) in [6, 6.07) is 7.71. The van der Waals surface area contributed by atoms with E-state index in [-0.39, 0.29) is 24.5 Å². The first-order chi connectivity index (χ1) is 19.8.